The molecule has 146 valence electrons. The Balaban J connectivity index is 1.59. The average Bonchev–Trinajstić information content (AvgIpc) is 3.01. The minimum absolute atomic E-state index is 0.147. The van der Waals surface area contributed by atoms with E-state index in [2.05, 4.69) is 15.9 Å². The van der Waals surface area contributed by atoms with Crippen LogP contribution < -0.4 is 9.47 Å². The minimum Gasteiger partial charge on any atom is -0.488 e. The van der Waals surface area contributed by atoms with Crippen LogP contribution in [0.25, 0.3) is 6.08 Å². The number of benzene rings is 3. The van der Waals surface area contributed by atoms with E-state index in [4.69, 9.17) is 32.7 Å². The first-order chi connectivity index (χ1) is 13.9. The van der Waals surface area contributed by atoms with Crippen molar-refractivity contribution in [3.05, 3.63) is 97.1 Å². The molecule has 0 aliphatic carbocycles. The molecule has 1 heterocycles. The van der Waals surface area contributed by atoms with Crippen molar-refractivity contribution < 1.29 is 14.3 Å². The molecule has 3 aromatic rings. The zero-order chi connectivity index (χ0) is 20.5. The Bertz CT molecular complexity index is 1120. The molecule has 6 heteroatoms. The highest BCUT2D eigenvalue weighted by molar-refractivity contribution is 9.10. The summed E-state index contributed by atoms with van der Waals surface area (Å²) in [7, 11) is 0. The lowest BCUT2D eigenvalue weighted by Gasteiger charge is -2.13. The van der Waals surface area contributed by atoms with Crippen LogP contribution in [0.4, 0.5) is 0 Å². The van der Waals surface area contributed by atoms with Gasteiger partial charge in [0, 0.05) is 25.6 Å². The molecule has 3 nitrogen and oxygen atoms in total. The van der Waals surface area contributed by atoms with Crippen LogP contribution in [-0.4, -0.2) is 5.78 Å². The summed E-state index contributed by atoms with van der Waals surface area (Å²) in [6.45, 7) is 2.08. The number of rotatable bonds is 4. The third-order valence-corrected chi connectivity index (χ3v) is 5.87. The van der Waals surface area contributed by atoms with Gasteiger partial charge in [0.15, 0.2) is 5.76 Å². The summed E-state index contributed by atoms with van der Waals surface area (Å²) in [5.74, 6) is 1.27. The van der Waals surface area contributed by atoms with Crippen LogP contribution in [-0.2, 0) is 6.61 Å². The highest BCUT2D eigenvalue weighted by Crippen LogP contribution is 2.40. The van der Waals surface area contributed by atoms with Gasteiger partial charge in [0.2, 0.25) is 5.78 Å². The van der Waals surface area contributed by atoms with Crippen molar-refractivity contribution in [1.29, 1.82) is 0 Å². The quantitative estimate of drug-likeness (QED) is 0.362. The Morgan fingerprint density at radius 2 is 1.72 bits per heavy atom. The number of ether oxygens (including phenoxy) is 2. The zero-order valence-electron chi connectivity index (χ0n) is 15.3. The lowest BCUT2D eigenvalue weighted by atomic mass is 10.1. The Hall–Kier alpha value is -2.27. The summed E-state index contributed by atoms with van der Waals surface area (Å²) in [5.41, 5.74) is 2.86. The highest BCUT2D eigenvalue weighted by atomic mass is 79.9. The number of hydrogen-bond donors (Lipinski definition) is 0. The minimum atomic E-state index is -0.147. The van der Waals surface area contributed by atoms with Crippen LogP contribution in [0.2, 0.25) is 10.0 Å². The third-order valence-electron chi connectivity index (χ3n) is 4.64. The van der Waals surface area contributed by atoms with E-state index >= 15 is 0 Å². The average molecular weight is 490 g/mol. The SMILES string of the molecule is Cc1c(OCc2c(Cl)cccc2Cl)ccc2c1O/C(=C\c1ccc(Br)cc1)C2=O. The monoisotopic (exact) mass is 488 g/mol. The molecule has 4 rings (SSSR count). The molecule has 1 aliphatic rings. The molecular weight excluding hydrogens is 475 g/mol. The van der Waals surface area contributed by atoms with Gasteiger partial charge >= 0.3 is 0 Å². The van der Waals surface area contributed by atoms with Crippen LogP contribution in [0.5, 0.6) is 11.5 Å². The largest absolute Gasteiger partial charge is 0.488 e. The number of carbonyl (C=O) groups excluding carboxylic acids is 1. The van der Waals surface area contributed by atoms with Gasteiger partial charge in [0.05, 0.1) is 5.56 Å². The molecule has 1 aliphatic heterocycles. The second kappa shape index (κ2) is 8.23. The Labute approximate surface area is 187 Å². The predicted octanol–water partition coefficient (Wildman–Crippen LogP) is 7.26. The van der Waals surface area contributed by atoms with Crippen molar-refractivity contribution in [2.45, 2.75) is 13.5 Å². The number of allylic oxidation sites excluding steroid dienone is 1. The molecule has 0 bridgehead atoms. The van der Waals surface area contributed by atoms with Crippen LogP contribution >= 0.6 is 39.1 Å². The van der Waals surface area contributed by atoms with E-state index in [9.17, 15) is 4.79 Å². The van der Waals surface area contributed by atoms with E-state index in [1.165, 1.54) is 0 Å². The summed E-state index contributed by atoms with van der Waals surface area (Å²) in [4.78, 5) is 12.7. The van der Waals surface area contributed by atoms with Crippen molar-refractivity contribution in [3.63, 3.8) is 0 Å². The lowest BCUT2D eigenvalue weighted by Crippen LogP contribution is -2.00. The lowest BCUT2D eigenvalue weighted by molar-refractivity contribution is 0.101. The maximum absolute atomic E-state index is 12.7. The van der Waals surface area contributed by atoms with Gasteiger partial charge in [-0.15, -0.1) is 0 Å². The van der Waals surface area contributed by atoms with Crippen molar-refractivity contribution >= 4 is 51.0 Å². The summed E-state index contributed by atoms with van der Waals surface area (Å²) in [6, 6.07) is 16.4. The first-order valence-corrected chi connectivity index (χ1v) is 10.4. The molecule has 0 saturated carbocycles. The molecule has 0 aromatic heterocycles. The Kier molecular flexibility index (Phi) is 5.68. The van der Waals surface area contributed by atoms with Gasteiger partial charge in [0.25, 0.3) is 0 Å². The maximum atomic E-state index is 12.7. The maximum Gasteiger partial charge on any atom is 0.231 e. The molecule has 0 fully saturated rings. The van der Waals surface area contributed by atoms with Gasteiger partial charge in [-0.2, -0.15) is 0 Å². The van der Waals surface area contributed by atoms with Gasteiger partial charge in [-0.3, -0.25) is 4.79 Å². The van der Waals surface area contributed by atoms with Crippen LogP contribution in [0, 0.1) is 6.92 Å². The van der Waals surface area contributed by atoms with E-state index < -0.39 is 0 Å². The number of ketones is 1. The van der Waals surface area contributed by atoms with Crippen LogP contribution in [0.3, 0.4) is 0 Å². The summed E-state index contributed by atoms with van der Waals surface area (Å²) in [5, 5.41) is 1.09. The third kappa shape index (κ3) is 4.06. The molecule has 0 atom stereocenters. The summed E-state index contributed by atoms with van der Waals surface area (Å²) in [6.07, 6.45) is 1.73. The van der Waals surface area contributed by atoms with Gasteiger partial charge in [-0.25, -0.2) is 0 Å². The van der Waals surface area contributed by atoms with Crippen molar-refractivity contribution in [2.24, 2.45) is 0 Å². The van der Waals surface area contributed by atoms with E-state index in [0.29, 0.717) is 32.7 Å². The fourth-order valence-electron chi connectivity index (χ4n) is 3.05. The fourth-order valence-corrected chi connectivity index (χ4v) is 3.83. The number of carbonyl (C=O) groups is 1. The van der Waals surface area contributed by atoms with Gasteiger partial charge < -0.3 is 9.47 Å². The number of Topliss-reactive ketones (excluding diaryl/α,β-unsaturated/α-hetero) is 1. The first kappa shape index (κ1) is 20.0. The molecule has 29 heavy (non-hydrogen) atoms. The van der Waals surface area contributed by atoms with Crippen molar-refractivity contribution in [2.75, 3.05) is 0 Å². The fraction of sp³-hybridized carbons (Fsp3) is 0.0870. The molecule has 0 saturated heterocycles. The van der Waals surface area contributed by atoms with Gasteiger partial charge in [0.1, 0.15) is 18.1 Å². The van der Waals surface area contributed by atoms with Gasteiger partial charge in [-0.05, 0) is 55.0 Å². The van der Waals surface area contributed by atoms with Gasteiger partial charge in [-0.1, -0.05) is 57.3 Å². The highest BCUT2D eigenvalue weighted by Gasteiger charge is 2.30. The number of halogens is 3. The molecule has 3 aromatic carbocycles. The Morgan fingerprint density at radius 1 is 1.03 bits per heavy atom. The smallest absolute Gasteiger partial charge is 0.231 e. The topological polar surface area (TPSA) is 35.5 Å². The van der Waals surface area contributed by atoms with E-state index in [0.717, 1.165) is 15.6 Å². The van der Waals surface area contributed by atoms with Crippen molar-refractivity contribution in [1.82, 2.24) is 0 Å². The second-order valence-electron chi connectivity index (χ2n) is 6.55. The Morgan fingerprint density at radius 3 is 2.41 bits per heavy atom. The second-order valence-corrected chi connectivity index (χ2v) is 8.28. The van der Waals surface area contributed by atoms with E-state index in [1.54, 1.807) is 36.4 Å². The molecule has 0 amide bonds. The van der Waals surface area contributed by atoms with Crippen LogP contribution in [0.1, 0.15) is 27.0 Å². The standard InChI is InChI=1S/C23H15BrCl2O3/c1-13-20(28-12-17-18(25)3-2-4-19(17)26)10-9-16-22(27)21(29-23(13)16)11-14-5-7-15(24)8-6-14/h2-11H,12H2,1H3/b21-11-. The number of fused-ring (bicyclic) bond motifs is 1. The van der Waals surface area contributed by atoms with Crippen LogP contribution in [0.15, 0.2) is 64.8 Å². The summed E-state index contributed by atoms with van der Waals surface area (Å²) >= 11 is 15.8. The molecule has 0 radical (unpaired) electrons. The normalized spacial score (nSPS) is 14.1. The van der Waals surface area contributed by atoms with Crippen molar-refractivity contribution in [3.8, 4) is 11.5 Å². The number of hydrogen-bond acceptors (Lipinski definition) is 3. The van der Waals surface area contributed by atoms with E-state index in [-0.39, 0.29) is 18.1 Å². The molecule has 0 unspecified atom stereocenters. The predicted molar refractivity (Wildman–Crippen MR) is 119 cm³/mol. The molecular formula is C23H15BrCl2O3. The summed E-state index contributed by atoms with van der Waals surface area (Å²) < 4.78 is 12.8. The molecule has 0 N–H and O–H groups in total. The van der Waals surface area contributed by atoms with E-state index in [1.807, 2.05) is 31.2 Å². The first-order valence-electron chi connectivity index (χ1n) is 8.83. The molecule has 0 spiro atoms. The zero-order valence-corrected chi connectivity index (χ0v) is 18.4.